The molecule has 1 aliphatic rings. The first-order valence-electron chi connectivity index (χ1n) is 5.87. The van der Waals surface area contributed by atoms with Gasteiger partial charge in [-0.1, -0.05) is 43.9 Å². The van der Waals surface area contributed by atoms with Crippen molar-refractivity contribution in [3.63, 3.8) is 0 Å². The number of allylic oxidation sites excluding steroid dienone is 3. The molecule has 0 spiro atoms. The fraction of sp³-hybridized carbons (Fsp3) is 0.714. The molecular formula is C14H24. The molecule has 1 saturated carbocycles. The molecule has 0 heteroatoms. The van der Waals surface area contributed by atoms with Crippen LogP contribution in [0.4, 0.5) is 0 Å². The molecule has 2 unspecified atom stereocenters. The molecule has 0 aromatic carbocycles. The first kappa shape index (κ1) is 11.6. The third-order valence-corrected chi connectivity index (χ3v) is 3.58. The van der Waals surface area contributed by atoms with Gasteiger partial charge in [0.15, 0.2) is 0 Å². The van der Waals surface area contributed by atoms with Crippen LogP contribution in [0.2, 0.25) is 0 Å². The molecule has 2 atom stereocenters. The Morgan fingerprint density at radius 2 is 2.00 bits per heavy atom. The molecule has 1 fully saturated rings. The summed E-state index contributed by atoms with van der Waals surface area (Å²) in [5, 5.41) is 0. The Hall–Kier alpha value is -0.520. The maximum Gasteiger partial charge on any atom is -0.00864 e. The summed E-state index contributed by atoms with van der Waals surface area (Å²) in [5.74, 6) is 0.715. The zero-order valence-electron chi connectivity index (χ0n) is 9.97. The van der Waals surface area contributed by atoms with Gasteiger partial charge >= 0.3 is 0 Å². The Kier molecular flexibility index (Phi) is 3.97. The minimum Gasteiger partial charge on any atom is -0.103 e. The topological polar surface area (TPSA) is 0 Å². The molecule has 0 saturated heterocycles. The lowest BCUT2D eigenvalue weighted by atomic mass is 9.73. The fourth-order valence-electron chi connectivity index (χ4n) is 2.49. The summed E-state index contributed by atoms with van der Waals surface area (Å²) < 4.78 is 0. The Bertz CT molecular complexity index is 220. The summed E-state index contributed by atoms with van der Waals surface area (Å²) in [6.45, 7) is 10.8. The number of hydrogen-bond acceptors (Lipinski definition) is 0. The zero-order valence-corrected chi connectivity index (χ0v) is 9.97. The Morgan fingerprint density at radius 3 is 2.57 bits per heavy atom. The summed E-state index contributed by atoms with van der Waals surface area (Å²) in [7, 11) is 0. The van der Waals surface area contributed by atoms with Crippen molar-refractivity contribution in [1.29, 1.82) is 0 Å². The van der Waals surface area contributed by atoms with Crippen LogP contribution in [0.15, 0.2) is 24.3 Å². The third-order valence-electron chi connectivity index (χ3n) is 3.58. The minimum absolute atomic E-state index is 0.341. The van der Waals surface area contributed by atoms with Crippen molar-refractivity contribution in [2.75, 3.05) is 0 Å². The largest absolute Gasteiger partial charge is 0.103 e. The summed E-state index contributed by atoms with van der Waals surface area (Å²) in [6, 6.07) is 0. The molecule has 0 aromatic heterocycles. The van der Waals surface area contributed by atoms with Gasteiger partial charge in [-0.05, 0) is 38.0 Å². The second-order valence-corrected chi connectivity index (χ2v) is 5.16. The van der Waals surface area contributed by atoms with E-state index in [0.29, 0.717) is 11.3 Å². The van der Waals surface area contributed by atoms with Crippen molar-refractivity contribution in [3.05, 3.63) is 24.3 Å². The lowest BCUT2D eigenvalue weighted by molar-refractivity contribution is 0.288. The second kappa shape index (κ2) is 4.82. The zero-order chi connectivity index (χ0) is 10.6. The average Bonchev–Trinajstić information content (AvgIpc) is 2.30. The molecule has 0 aromatic rings. The molecule has 1 rings (SSSR count). The van der Waals surface area contributed by atoms with Crippen LogP contribution in [-0.2, 0) is 0 Å². The van der Waals surface area contributed by atoms with Crippen molar-refractivity contribution in [1.82, 2.24) is 0 Å². The van der Waals surface area contributed by atoms with E-state index in [9.17, 15) is 0 Å². The van der Waals surface area contributed by atoms with Crippen molar-refractivity contribution in [2.45, 2.75) is 52.9 Å². The van der Waals surface area contributed by atoms with Gasteiger partial charge in [0, 0.05) is 0 Å². The highest BCUT2D eigenvalue weighted by molar-refractivity contribution is 5.08. The highest BCUT2D eigenvalue weighted by Crippen LogP contribution is 2.41. The van der Waals surface area contributed by atoms with E-state index >= 15 is 0 Å². The molecule has 0 N–H and O–H groups in total. The fourth-order valence-corrected chi connectivity index (χ4v) is 2.49. The molecular weight excluding hydrogens is 168 g/mol. The van der Waals surface area contributed by atoms with E-state index in [-0.39, 0.29) is 0 Å². The maximum atomic E-state index is 4.03. The maximum absolute atomic E-state index is 4.03. The molecule has 80 valence electrons. The first-order chi connectivity index (χ1) is 6.58. The SMILES string of the molecule is C=CC1(C)CCCCCC1C=C(C)C. The molecule has 14 heavy (non-hydrogen) atoms. The summed E-state index contributed by atoms with van der Waals surface area (Å²) >= 11 is 0. The van der Waals surface area contributed by atoms with Crippen LogP contribution in [0.3, 0.4) is 0 Å². The normalized spacial score (nSPS) is 33.2. The minimum atomic E-state index is 0.341. The molecule has 0 bridgehead atoms. The van der Waals surface area contributed by atoms with Crippen molar-refractivity contribution < 1.29 is 0 Å². The van der Waals surface area contributed by atoms with Crippen LogP contribution in [0.1, 0.15) is 52.9 Å². The monoisotopic (exact) mass is 192 g/mol. The van der Waals surface area contributed by atoms with E-state index in [1.54, 1.807) is 0 Å². The molecule has 1 aliphatic carbocycles. The molecule has 0 nitrogen and oxygen atoms in total. The van der Waals surface area contributed by atoms with Gasteiger partial charge in [0.05, 0.1) is 0 Å². The number of hydrogen-bond donors (Lipinski definition) is 0. The molecule has 0 aliphatic heterocycles. The standard InChI is InChI=1S/C14H24/c1-5-14(4)10-8-6-7-9-13(14)11-12(2)3/h5,11,13H,1,6-10H2,2-4H3. The van der Waals surface area contributed by atoms with E-state index < -0.39 is 0 Å². The van der Waals surface area contributed by atoms with Crippen molar-refractivity contribution in [2.24, 2.45) is 11.3 Å². The third kappa shape index (κ3) is 2.73. The van der Waals surface area contributed by atoms with Gasteiger partial charge in [0.25, 0.3) is 0 Å². The highest BCUT2D eigenvalue weighted by Gasteiger charge is 2.30. The van der Waals surface area contributed by atoms with E-state index in [2.05, 4.69) is 39.5 Å². The quantitative estimate of drug-likeness (QED) is 0.438. The van der Waals surface area contributed by atoms with Gasteiger partial charge < -0.3 is 0 Å². The van der Waals surface area contributed by atoms with E-state index in [1.165, 1.54) is 37.7 Å². The van der Waals surface area contributed by atoms with Gasteiger partial charge in [-0.25, -0.2) is 0 Å². The van der Waals surface area contributed by atoms with Crippen LogP contribution >= 0.6 is 0 Å². The second-order valence-electron chi connectivity index (χ2n) is 5.16. The summed E-state index contributed by atoms with van der Waals surface area (Å²) in [6.07, 6.45) is 11.4. The predicted octanol–water partition coefficient (Wildman–Crippen LogP) is 4.73. The average molecular weight is 192 g/mol. The van der Waals surface area contributed by atoms with Gasteiger partial charge in [0.1, 0.15) is 0 Å². The van der Waals surface area contributed by atoms with Gasteiger partial charge in [0.2, 0.25) is 0 Å². The van der Waals surface area contributed by atoms with Crippen molar-refractivity contribution in [3.8, 4) is 0 Å². The van der Waals surface area contributed by atoms with Crippen LogP contribution < -0.4 is 0 Å². The predicted molar refractivity (Wildman–Crippen MR) is 64.3 cm³/mol. The number of rotatable bonds is 2. The Morgan fingerprint density at radius 1 is 1.29 bits per heavy atom. The summed E-state index contributed by atoms with van der Waals surface area (Å²) in [4.78, 5) is 0. The molecule has 0 heterocycles. The van der Waals surface area contributed by atoms with Crippen LogP contribution in [0.5, 0.6) is 0 Å². The molecule has 0 amide bonds. The molecule has 0 radical (unpaired) electrons. The van der Waals surface area contributed by atoms with E-state index in [0.717, 1.165) is 0 Å². The van der Waals surface area contributed by atoms with Gasteiger partial charge in [-0.15, -0.1) is 6.58 Å². The van der Waals surface area contributed by atoms with E-state index in [1.807, 2.05) is 0 Å². The van der Waals surface area contributed by atoms with Crippen LogP contribution in [-0.4, -0.2) is 0 Å². The van der Waals surface area contributed by atoms with Gasteiger partial charge in [-0.3, -0.25) is 0 Å². The van der Waals surface area contributed by atoms with Gasteiger partial charge in [-0.2, -0.15) is 0 Å². The Labute approximate surface area is 89.1 Å². The van der Waals surface area contributed by atoms with Crippen LogP contribution in [0, 0.1) is 11.3 Å². The Balaban J connectivity index is 2.84. The summed E-state index contributed by atoms with van der Waals surface area (Å²) in [5.41, 5.74) is 1.79. The van der Waals surface area contributed by atoms with E-state index in [4.69, 9.17) is 0 Å². The van der Waals surface area contributed by atoms with Crippen molar-refractivity contribution >= 4 is 0 Å². The first-order valence-corrected chi connectivity index (χ1v) is 5.87. The smallest absolute Gasteiger partial charge is 0.00864 e. The van der Waals surface area contributed by atoms with Crippen LogP contribution in [0.25, 0.3) is 0 Å². The lowest BCUT2D eigenvalue weighted by Crippen LogP contribution is -2.22. The lowest BCUT2D eigenvalue weighted by Gasteiger charge is -2.32. The highest BCUT2D eigenvalue weighted by atomic mass is 14.3.